The van der Waals surface area contributed by atoms with E-state index in [0.717, 1.165) is 21.5 Å². The minimum Gasteiger partial charge on any atom is -0.493 e. The molecule has 8 heteroatoms. The van der Waals surface area contributed by atoms with E-state index in [-0.39, 0.29) is 12.1 Å². The van der Waals surface area contributed by atoms with Crippen molar-refractivity contribution in [3.05, 3.63) is 35.0 Å². The van der Waals surface area contributed by atoms with Gasteiger partial charge in [0.1, 0.15) is 21.9 Å². The van der Waals surface area contributed by atoms with Crippen LogP contribution in [0.3, 0.4) is 0 Å². The molecule has 0 atom stereocenters. The van der Waals surface area contributed by atoms with Crippen LogP contribution in [0, 0.1) is 6.92 Å². The van der Waals surface area contributed by atoms with Gasteiger partial charge in [0.15, 0.2) is 11.5 Å². The zero-order chi connectivity index (χ0) is 19.6. The Labute approximate surface area is 161 Å². The second-order valence-corrected chi connectivity index (χ2v) is 7.11. The summed E-state index contributed by atoms with van der Waals surface area (Å²) in [5.74, 6) is 1.52. The number of nitrogens with zero attached hydrogens (tertiary/aromatic N) is 2. The van der Waals surface area contributed by atoms with Gasteiger partial charge in [-0.15, -0.1) is 11.3 Å². The van der Waals surface area contributed by atoms with Gasteiger partial charge in [0.2, 0.25) is 0 Å². The van der Waals surface area contributed by atoms with Crippen molar-refractivity contribution < 1.29 is 19.0 Å². The number of rotatable bonds is 6. The first-order valence-electron chi connectivity index (χ1n) is 8.38. The summed E-state index contributed by atoms with van der Waals surface area (Å²) in [7, 11) is 3.17. The van der Waals surface area contributed by atoms with Crippen LogP contribution in [0.15, 0.2) is 24.5 Å². The lowest BCUT2D eigenvalue weighted by molar-refractivity contribution is 0.0383. The summed E-state index contributed by atoms with van der Waals surface area (Å²) in [6.07, 6.45) is 1.29. The van der Waals surface area contributed by atoms with Crippen LogP contribution in [-0.4, -0.2) is 36.3 Å². The molecule has 27 heavy (non-hydrogen) atoms. The number of ether oxygens (including phenoxy) is 3. The number of anilines is 2. The highest BCUT2D eigenvalue weighted by molar-refractivity contribution is 7.20. The van der Waals surface area contributed by atoms with Crippen molar-refractivity contribution in [3.63, 3.8) is 0 Å². The van der Waals surface area contributed by atoms with Gasteiger partial charge >= 0.3 is 5.97 Å². The molecular weight excluding hydrogens is 366 g/mol. The summed E-state index contributed by atoms with van der Waals surface area (Å²) >= 11 is 1.30. The number of nitrogens with one attached hydrogen (secondary N) is 1. The van der Waals surface area contributed by atoms with Crippen molar-refractivity contribution in [2.24, 2.45) is 0 Å². The molecule has 1 aromatic carbocycles. The van der Waals surface area contributed by atoms with Crippen molar-refractivity contribution in [2.75, 3.05) is 19.5 Å². The monoisotopic (exact) mass is 387 g/mol. The predicted molar refractivity (Wildman–Crippen MR) is 106 cm³/mol. The molecule has 0 saturated heterocycles. The first kappa shape index (κ1) is 18.9. The average Bonchev–Trinajstić information content (AvgIpc) is 2.99. The highest BCUT2D eigenvalue weighted by Crippen LogP contribution is 2.36. The number of hydrogen-bond donors (Lipinski definition) is 1. The lowest BCUT2D eigenvalue weighted by atomic mass is 10.2. The maximum absolute atomic E-state index is 12.4. The van der Waals surface area contributed by atoms with Gasteiger partial charge < -0.3 is 19.5 Å². The number of benzene rings is 1. The van der Waals surface area contributed by atoms with E-state index in [9.17, 15) is 4.79 Å². The third-order valence-corrected chi connectivity index (χ3v) is 5.08. The fraction of sp³-hybridized carbons (Fsp3) is 0.316. The van der Waals surface area contributed by atoms with Gasteiger partial charge in [-0.05, 0) is 38.5 Å². The molecule has 0 amide bonds. The molecule has 142 valence electrons. The summed E-state index contributed by atoms with van der Waals surface area (Å²) in [6.45, 7) is 5.52. The second-order valence-electron chi connectivity index (χ2n) is 6.11. The summed E-state index contributed by atoms with van der Waals surface area (Å²) in [5, 5.41) is 4.07. The Morgan fingerprint density at radius 3 is 2.56 bits per heavy atom. The van der Waals surface area contributed by atoms with E-state index < -0.39 is 0 Å². The number of carbonyl (C=O) groups is 1. The number of esters is 1. The number of carbonyl (C=O) groups excluding carboxylic acids is 1. The zero-order valence-corrected chi connectivity index (χ0v) is 16.6. The standard InChI is InChI=1S/C19H21N3O4S/c1-10(2)26-19(23)16-11(3)15-17(20-9-21-18(15)27-16)22-12-6-7-13(24-4)14(8-12)25-5/h6-10H,1-5H3,(H,20,21,22). The van der Waals surface area contributed by atoms with Crippen molar-refractivity contribution in [3.8, 4) is 11.5 Å². The maximum Gasteiger partial charge on any atom is 0.348 e. The summed E-state index contributed by atoms with van der Waals surface area (Å²) in [6, 6.07) is 5.50. The van der Waals surface area contributed by atoms with Crippen LogP contribution in [0.1, 0.15) is 29.1 Å². The van der Waals surface area contributed by atoms with Gasteiger partial charge in [0, 0.05) is 11.8 Å². The van der Waals surface area contributed by atoms with E-state index in [1.807, 2.05) is 39.0 Å². The normalized spacial score (nSPS) is 10.9. The van der Waals surface area contributed by atoms with Crippen LogP contribution in [-0.2, 0) is 4.74 Å². The summed E-state index contributed by atoms with van der Waals surface area (Å²) < 4.78 is 15.9. The second kappa shape index (κ2) is 7.79. The van der Waals surface area contributed by atoms with Crippen molar-refractivity contribution >= 4 is 39.0 Å². The van der Waals surface area contributed by atoms with Crippen molar-refractivity contribution in [1.82, 2.24) is 9.97 Å². The van der Waals surface area contributed by atoms with E-state index in [1.54, 1.807) is 14.2 Å². The Morgan fingerprint density at radius 1 is 1.15 bits per heavy atom. The number of aryl methyl sites for hydroxylation is 1. The van der Waals surface area contributed by atoms with E-state index in [0.29, 0.717) is 22.2 Å². The largest absolute Gasteiger partial charge is 0.493 e. The third-order valence-electron chi connectivity index (χ3n) is 3.90. The van der Waals surface area contributed by atoms with Gasteiger partial charge in [-0.2, -0.15) is 0 Å². The summed E-state index contributed by atoms with van der Waals surface area (Å²) in [4.78, 5) is 22.3. The van der Waals surface area contributed by atoms with Crippen molar-refractivity contribution in [2.45, 2.75) is 26.9 Å². The molecule has 0 bridgehead atoms. The van der Waals surface area contributed by atoms with E-state index >= 15 is 0 Å². The van der Waals surface area contributed by atoms with Crippen LogP contribution in [0.5, 0.6) is 11.5 Å². The van der Waals surface area contributed by atoms with E-state index in [2.05, 4.69) is 15.3 Å². The lowest BCUT2D eigenvalue weighted by Crippen LogP contribution is -2.11. The minimum atomic E-state index is -0.345. The number of thiophene rings is 1. The zero-order valence-electron chi connectivity index (χ0n) is 15.8. The molecule has 0 aliphatic heterocycles. The van der Waals surface area contributed by atoms with E-state index in [1.165, 1.54) is 17.7 Å². The predicted octanol–water partition coefficient (Wildman–Crippen LogP) is 4.33. The van der Waals surface area contributed by atoms with Gasteiger partial charge in [0.25, 0.3) is 0 Å². The molecule has 0 aliphatic carbocycles. The molecule has 0 fully saturated rings. The van der Waals surface area contributed by atoms with Crippen LogP contribution in [0.25, 0.3) is 10.2 Å². The SMILES string of the molecule is COc1ccc(Nc2ncnc3sc(C(=O)OC(C)C)c(C)c23)cc1OC. The fourth-order valence-corrected chi connectivity index (χ4v) is 3.71. The van der Waals surface area contributed by atoms with Gasteiger partial charge in [-0.3, -0.25) is 0 Å². The average molecular weight is 387 g/mol. The lowest BCUT2D eigenvalue weighted by Gasteiger charge is -2.11. The quantitative estimate of drug-likeness (QED) is 0.631. The van der Waals surface area contributed by atoms with Crippen LogP contribution < -0.4 is 14.8 Å². The highest BCUT2D eigenvalue weighted by Gasteiger charge is 2.21. The Kier molecular flexibility index (Phi) is 5.46. The molecule has 0 spiro atoms. The highest BCUT2D eigenvalue weighted by atomic mass is 32.1. The summed E-state index contributed by atoms with van der Waals surface area (Å²) in [5.41, 5.74) is 1.58. The topological polar surface area (TPSA) is 82.6 Å². The van der Waals surface area contributed by atoms with Crippen LogP contribution in [0.4, 0.5) is 11.5 Å². The number of fused-ring (bicyclic) bond motifs is 1. The minimum absolute atomic E-state index is 0.183. The first-order valence-corrected chi connectivity index (χ1v) is 9.20. The Balaban J connectivity index is 2.00. The maximum atomic E-state index is 12.4. The van der Waals surface area contributed by atoms with Gasteiger partial charge in [0.05, 0.1) is 25.7 Å². The molecule has 0 saturated carbocycles. The number of aromatic nitrogens is 2. The fourth-order valence-electron chi connectivity index (χ4n) is 2.68. The number of hydrogen-bond acceptors (Lipinski definition) is 8. The molecule has 3 rings (SSSR count). The Hall–Kier alpha value is -2.87. The smallest absolute Gasteiger partial charge is 0.348 e. The Morgan fingerprint density at radius 2 is 1.89 bits per heavy atom. The first-order chi connectivity index (χ1) is 12.9. The molecule has 3 aromatic rings. The van der Waals surface area contributed by atoms with Crippen molar-refractivity contribution in [1.29, 1.82) is 0 Å². The molecule has 0 unspecified atom stereocenters. The third kappa shape index (κ3) is 3.80. The molecule has 2 heterocycles. The number of methoxy groups -OCH3 is 2. The molecule has 7 nitrogen and oxygen atoms in total. The van der Waals surface area contributed by atoms with Crippen LogP contribution in [0.2, 0.25) is 0 Å². The Bertz CT molecular complexity index is 984. The van der Waals surface area contributed by atoms with Gasteiger partial charge in [-0.25, -0.2) is 14.8 Å². The van der Waals surface area contributed by atoms with Crippen LogP contribution >= 0.6 is 11.3 Å². The molecule has 0 aliphatic rings. The molecule has 2 aromatic heterocycles. The molecule has 0 radical (unpaired) electrons. The van der Waals surface area contributed by atoms with Gasteiger partial charge in [-0.1, -0.05) is 0 Å². The van der Waals surface area contributed by atoms with E-state index in [4.69, 9.17) is 14.2 Å². The molecular formula is C19H21N3O4S. The molecule has 1 N–H and O–H groups in total.